The summed E-state index contributed by atoms with van der Waals surface area (Å²) >= 11 is 0. The van der Waals surface area contributed by atoms with Crippen LogP contribution in [-0.4, -0.2) is 39.6 Å². The molecule has 0 N–H and O–H groups in total. The van der Waals surface area contributed by atoms with E-state index in [1.54, 1.807) is 0 Å². The van der Waals surface area contributed by atoms with Gasteiger partial charge in [0.15, 0.2) is 6.33 Å². The molecule has 0 aromatic carbocycles. The molecular formula is C5H7F3N4O. The highest BCUT2D eigenvalue weighted by Crippen LogP contribution is 2.13. The largest absolute Gasteiger partial charge is 0.411 e. The predicted octanol–water partition coefficient (Wildman–Crippen LogP) is 0.252. The normalized spacial score (nSPS) is 11.9. The van der Waals surface area contributed by atoms with E-state index < -0.39 is 12.8 Å². The number of alkyl halides is 3. The van der Waals surface area contributed by atoms with E-state index in [1.807, 2.05) is 0 Å². The molecule has 8 heteroatoms. The third-order valence-electron chi connectivity index (χ3n) is 1.09. The molecular weight excluding hydrogens is 189 g/mol. The molecule has 0 fully saturated rings. The Balaban J connectivity index is 2.09. The van der Waals surface area contributed by atoms with Gasteiger partial charge in [0.2, 0.25) is 0 Å². The minimum Gasteiger partial charge on any atom is -0.370 e. The molecule has 0 saturated carbocycles. The number of tetrazole rings is 1. The summed E-state index contributed by atoms with van der Waals surface area (Å²) in [5.74, 6) is 0. The Kier molecular flexibility index (Phi) is 3.18. The van der Waals surface area contributed by atoms with E-state index in [2.05, 4.69) is 20.1 Å². The van der Waals surface area contributed by atoms with E-state index in [0.717, 1.165) is 4.80 Å². The predicted molar refractivity (Wildman–Crippen MR) is 34.7 cm³/mol. The zero-order valence-corrected chi connectivity index (χ0v) is 6.53. The summed E-state index contributed by atoms with van der Waals surface area (Å²) in [5.41, 5.74) is 0. The van der Waals surface area contributed by atoms with Gasteiger partial charge < -0.3 is 4.74 Å². The third kappa shape index (κ3) is 4.41. The first-order valence-corrected chi connectivity index (χ1v) is 3.43. The Morgan fingerprint density at radius 3 is 2.69 bits per heavy atom. The van der Waals surface area contributed by atoms with Crippen molar-refractivity contribution in [1.82, 2.24) is 20.2 Å². The highest BCUT2D eigenvalue weighted by atomic mass is 19.4. The van der Waals surface area contributed by atoms with E-state index in [0.29, 0.717) is 0 Å². The zero-order valence-electron chi connectivity index (χ0n) is 6.53. The standard InChI is InChI=1S/C5H7F3N4O/c6-5(7,8)3-13-2-1-12-10-4-9-11-12/h4H,1-3H2. The summed E-state index contributed by atoms with van der Waals surface area (Å²) in [5, 5.41) is 10.4. The molecule has 0 bridgehead atoms. The van der Waals surface area contributed by atoms with Crippen molar-refractivity contribution in [3.63, 3.8) is 0 Å². The fourth-order valence-corrected chi connectivity index (χ4v) is 0.625. The Morgan fingerprint density at radius 2 is 2.15 bits per heavy atom. The second-order valence-corrected chi connectivity index (χ2v) is 2.20. The van der Waals surface area contributed by atoms with Crippen LogP contribution in [-0.2, 0) is 11.3 Å². The smallest absolute Gasteiger partial charge is 0.370 e. The molecule has 1 heterocycles. The van der Waals surface area contributed by atoms with Crippen molar-refractivity contribution in [3.8, 4) is 0 Å². The topological polar surface area (TPSA) is 52.8 Å². The van der Waals surface area contributed by atoms with Gasteiger partial charge in [0.25, 0.3) is 0 Å². The van der Waals surface area contributed by atoms with Gasteiger partial charge in [-0.15, -0.1) is 10.2 Å². The average molecular weight is 196 g/mol. The lowest BCUT2D eigenvalue weighted by molar-refractivity contribution is -0.174. The van der Waals surface area contributed by atoms with Crippen molar-refractivity contribution in [2.45, 2.75) is 12.7 Å². The lowest BCUT2D eigenvalue weighted by Gasteiger charge is -2.06. The number of aromatic nitrogens is 4. The fourth-order valence-electron chi connectivity index (χ4n) is 0.625. The van der Waals surface area contributed by atoms with Gasteiger partial charge in [0, 0.05) is 0 Å². The molecule has 5 nitrogen and oxygen atoms in total. The number of rotatable bonds is 4. The quantitative estimate of drug-likeness (QED) is 0.648. The van der Waals surface area contributed by atoms with Gasteiger partial charge in [-0.3, -0.25) is 0 Å². The minimum absolute atomic E-state index is 0.0874. The number of hydrogen-bond donors (Lipinski definition) is 0. The molecule has 0 aliphatic rings. The van der Waals surface area contributed by atoms with E-state index >= 15 is 0 Å². The molecule has 0 atom stereocenters. The first-order chi connectivity index (χ1) is 6.08. The van der Waals surface area contributed by atoms with E-state index in [1.165, 1.54) is 6.33 Å². The monoisotopic (exact) mass is 196 g/mol. The molecule has 0 saturated heterocycles. The van der Waals surface area contributed by atoms with Gasteiger partial charge in [-0.05, 0) is 5.21 Å². The molecule has 0 aliphatic heterocycles. The Bertz CT molecular complexity index is 234. The summed E-state index contributed by atoms with van der Waals surface area (Å²) in [4.78, 5) is 1.15. The van der Waals surface area contributed by atoms with E-state index in [-0.39, 0.29) is 13.2 Å². The van der Waals surface area contributed by atoms with Crippen molar-refractivity contribution in [2.75, 3.05) is 13.2 Å². The summed E-state index contributed by atoms with van der Waals surface area (Å²) < 4.78 is 39.0. The maximum Gasteiger partial charge on any atom is 0.411 e. The van der Waals surface area contributed by atoms with E-state index in [9.17, 15) is 13.2 Å². The number of hydrogen-bond acceptors (Lipinski definition) is 4. The number of ether oxygens (including phenoxy) is 1. The molecule has 0 aliphatic carbocycles. The highest BCUT2D eigenvalue weighted by molar-refractivity contribution is 4.45. The van der Waals surface area contributed by atoms with Crippen LogP contribution in [0, 0.1) is 0 Å². The second-order valence-electron chi connectivity index (χ2n) is 2.20. The molecule has 0 spiro atoms. The number of nitrogens with zero attached hydrogens (tertiary/aromatic N) is 4. The van der Waals surface area contributed by atoms with Crippen LogP contribution in [0.2, 0.25) is 0 Å². The Hall–Kier alpha value is -1.18. The summed E-state index contributed by atoms with van der Waals surface area (Å²) in [6.45, 7) is -1.17. The van der Waals surface area contributed by atoms with Gasteiger partial charge in [-0.2, -0.15) is 18.0 Å². The van der Waals surface area contributed by atoms with Crippen LogP contribution in [0.3, 0.4) is 0 Å². The van der Waals surface area contributed by atoms with Crippen molar-refractivity contribution in [1.29, 1.82) is 0 Å². The number of halogens is 3. The SMILES string of the molecule is FC(F)(F)COCCn1ncnn1. The zero-order chi connectivity index (χ0) is 9.73. The maximum atomic E-state index is 11.5. The third-order valence-corrected chi connectivity index (χ3v) is 1.09. The van der Waals surface area contributed by atoms with Crippen molar-refractivity contribution in [2.24, 2.45) is 0 Å². The van der Waals surface area contributed by atoms with Crippen LogP contribution < -0.4 is 0 Å². The average Bonchev–Trinajstić information content (AvgIpc) is 2.48. The van der Waals surface area contributed by atoms with Crippen LogP contribution in [0.5, 0.6) is 0 Å². The first kappa shape index (κ1) is 9.90. The maximum absolute atomic E-state index is 11.5. The fraction of sp³-hybridized carbons (Fsp3) is 0.800. The molecule has 0 radical (unpaired) electrons. The lowest BCUT2D eigenvalue weighted by Crippen LogP contribution is -2.19. The van der Waals surface area contributed by atoms with Gasteiger partial charge >= 0.3 is 6.18 Å². The highest BCUT2D eigenvalue weighted by Gasteiger charge is 2.27. The summed E-state index contributed by atoms with van der Waals surface area (Å²) in [6, 6.07) is 0. The van der Waals surface area contributed by atoms with Gasteiger partial charge in [0.1, 0.15) is 6.61 Å². The molecule has 1 aromatic rings. The van der Waals surface area contributed by atoms with Crippen LogP contribution in [0.25, 0.3) is 0 Å². The Morgan fingerprint density at radius 1 is 1.38 bits per heavy atom. The molecule has 13 heavy (non-hydrogen) atoms. The van der Waals surface area contributed by atoms with Crippen molar-refractivity contribution >= 4 is 0 Å². The van der Waals surface area contributed by atoms with Gasteiger partial charge in [-0.25, -0.2) is 0 Å². The first-order valence-electron chi connectivity index (χ1n) is 3.43. The van der Waals surface area contributed by atoms with Gasteiger partial charge in [0.05, 0.1) is 13.2 Å². The second kappa shape index (κ2) is 4.17. The molecule has 74 valence electrons. The van der Waals surface area contributed by atoms with Gasteiger partial charge in [-0.1, -0.05) is 0 Å². The van der Waals surface area contributed by atoms with E-state index in [4.69, 9.17) is 0 Å². The van der Waals surface area contributed by atoms with Crippen LogP contribution in [0.4, 0.5) is 13.2 Å². The molecule has 0 unspecified atom stereocenters. The Labute approximate surface area is 71.5 Å². The van der Waals surface area contributed by atoms with Crippen molar-refractivity contribution < 1.29 is 17.9 Å². The van der Waals surface area contributed by atoms with Crippen LogP contribution in [0.1, 0.15) is 0 Å². The molecule has 1 aromatic heterocycles. The lowest BCUT2D eigenvalue weighted by atomic mass is 10.6. The molecule has 0 amide bonds. The van der Waals surface area contributed by atoms with Crippen molar-refractivity contribution in [3.05, 3.63) is 6.33 Å². The minimum atomic E-state index is -4.28. The summed E-state index contributed by atoms with van der Waals surface area (Å²) in [6.07, 6.45) is -3.08. The van der Waals surface area contributed by atoms with Crippen LogP contribution in [0.15, 0.2) is 6.33 Å². The summed E-state index contributed by atoms with van der Waals surface area (Å²) in [7, 11) is 0. The van der Waals surface area contributed by atoms with Crippen LogP contribution >= 0.6 is 0 Å². The molecule has 1 rings (SSSR count).